The van der Waals surface area contributed by atoms with Gasteiger partial charge >= 0.3 is 0 Å². The third kappa shape index (κ3) is 4.18. The number of thioether (sulfide) groups is 1. The lowest BCUT2D eigenvalue weighted by Gasteiger charge is -2.18. The Labute approximate surface area is 146 Å². The second-order valence-corrected chi connectivity index (χ2v) is 7.19. The van der Waals surface area contributed by atoms with Crippen molar-refractivity contribution in [3.8, 4) is 5.75 Å². The van der Waals surface area contributed by atoms with Crippen LogP contribution in [0.15, 0.2) is 50.2 Å². The molecule has 1 unspecified atom stereocenters. The predicted molar refractivity (Wildman–Crippen MR) is 98.7 cm³/mol. The highest BCUT2D eigenvalue weighted by Gasteiger charge is 2.11. The molecule has 0 spiro atoms. The Hall–Kier alpha value is -0.650. The second kappa shape index (κ2) is 7.56. The molecule has 2 rings (SSSR count). The van der Waals surface area contributed by atoms with E-state index in [0.29, 0.717) is 0 Å². The fourth-order valence-electron chi connectivity index (χ4n) is 2.01. The van der Waals surface area contributed by atoms with E-state index in [1.807, 2.05) is 12.1 Å². The van der Waals surface area contributed by atoms with Crippen LogP contribution in [-0.4, -0.2) is 13.4 Å². The molecule has 1 atom stereocenters. The lowest BCUT2D eigenvalue weighted by molar-refractivity contribution is 0.412. The van der Waals surface area contributed by atoms with E-state index in [0.717, 1.165) is 20.4 Å². The van der Waals surface area contributed by atoms with Crippen molar-refractivity contribution < 1.29 is 4.74 Å². The highest BCUT2D eigenvalue weighted by atomic mass is 79.9. The van der Waals surface area contributed by atoms with Gasteiger partial charge in [-0.25, -0.2) is 0 Å². The van der Waals surface area contributed by atoms with Gasteiger partial charge in [0, 0.05) is 21.5 Å². The number of hydrogen-bond donors (Lipinski definition) is 1. The highest BCUT2D eigenvalue weighted by molar-refractivity contribution is 9.11. The average Bonchev–Trinajstić information content (AvgIpc) is 2.50. The maximum absolute atomic E-state index is 5.35. The van der Waals surface area contributed by atoms with Gasteiger partial charge in [0.15, 0.2) is 0 Å². The zero-order chi connectivity index (χ0) is 15.4. The Morgan fingerprint density at radius 1 is 1.10 bits per heavy atom. The van der Waals surface area contributed by atoms with Gasteiger partial charge in [0.05, 0.1) is 17.3 Å². The molecule has 0 aromatic heterocycles. The normalized spacial score (nSPS) is 12.0. The summed E-state index contributed by atoms with van der Waals surface area (Å²) < 4.78 is 7.28. The van der Waals surface area contributed by atoms with E-state index in [1.54, 1.807) is 18.9 Å². The van der Waals surface area contributed by atoms with Crippen LogP contribution in [0.1, 0.15) is 18.5 Å². The summed E-state index contributed by atoms with van der Waals surface area (Å²) in [5.74, 6) is 0.811. The summed E-state index contributed by atoms with van der Waals surface area (Å²) in [7, 11) is 1.67. The molecule has 0 fully saturated rings. The molecule has 0 heterocycles. The largest absolute Gasteiger partial charge is 0.495 e. The molecule has 0 aliphatic carbocycles. The highest BCUT2D eigenvalue weighted by Crippen LogP contribution is 2.36. The van der Waals surface area contributed by atoms with Gasteiger partial charge in [0.25, 0.3) is 0 Å². The first-order valence-electron chi connectivity index (χ1n) is 6.48. The fraction of sp³-hybridized carbons (Fsp3) is 0.250. The molecule has 0 radical (unpaired) electrons. The number of methoxy groups -OCH3 is 1. The minimum Gasteiger partial charge on any atom is -0.495 e. The Bertz CT molecular complexity index is 616. The van der Waals surface area contributed by atoms with E-state index in [2.05, 4.69) is 74.6 Å². The Kier molecular flexibility index (Phi) is 6.02. The summed E-state index contributed by atoms with van der Waals surface area (Å²) in [6.07, 6.45) is 2.09. The van der Waals surface area contributed by atoms with E-state index < -0.39 is 0 Å². The summed E-state index contributed by atoms with van der Waals surface area (Å²) >= 11 is 8.82. The van der Waals surface area contributed by atoms with E-state index >= 15 is 0 Å². The van der Waals surface area contributed by atoms with Crippen molar-refractivity contribution in [3.05, 3.63) is 50.9 Å². The first-order chi connectivity index (χ1) is 10.0. The van der Waals surface area contributed by atoms with Gasteiger partial charge in [-0.3, -0.25) is 0 Å². The van der Waals surface area contributed by atoms with Crippen LogP contribution in [0.3, 0.4) is 0 Å². The zero-order valence-corrected chi connectivity index (χ0v) is 16.1. The molecule has 0 saturated heterocycles. The standard InChI is InChI=1S/C16H17Br2NOS/c1-10(11-4-6-12(21-3)7-5-11)19-15-9-16(20-2)14(18)8-13(15)17/h4-10,19H,1-3H3. The minimum absolute atomic E-state index is 0.211. The SMILES string of the molecule is COc1cc(NC(C)c2ccc(SC)cc2)c(Br)cc1Br. The molecule has 0 bridgehead atoms. The van der Waals surface area contributed by atoms with Gasteiger partial charge in [-0.1, -0.05) is 12.1 Å². The number of halogens is 2. The summed E-state index contributed by atoms with van der Waals surface area (Å²) in [5, 5.41) is 3.51. The molecule has 2 aromatic rings. The molecular weight excluding hydrogens is 414 g/mol. The van der Waals surface area contributed by atoms with Crippen molar-refractivity contribution in [3.63, 3.8) is 0 Å². The van der Waals surface area contributed by atoms with Crippen molar-refractivity contribution in [2.24, 2.45) is 0 Å². The second-order valence-electron chi connectivity index (χ2n) is 4.61. The third-order valence-electron chi connectivity index (χ3n) is 3.23. The molecule has 0 saturated carbocycles. The predicted octanol–water partition coefficient (Wildman–Crippen LogP) is 6.12. The lowest BCUT2D eigenvalue weighted by Crippen LogP contribution is -2.07. The van der Waals surface area contributed by atoms with Gasteiger partial charge in [0.2, 0.25) is 0 Å². The average molecular weight is 431 g/mol. The third-order valence-corrected chi connectivity index (χ3v) is 5.25. The Morgan fingerprint density at radius 3 is 2.33 bits per heavy atom. The number of nitrogens with one attached hydrogen (secondary N) is 1. The van der Waals surface area contributed by atoms with Gasteiger partial charge < -0.3 is 10.1 Å². The molecule has 1 N–H and O–H groups in total. The van der Waals surface area contributed by atoms with Crippen molar-refractivity contribution in [1.82, 2.24) is 0 Å². The van der Waals surface area contributed by atoms with Gasteiger partial charge in [-0.15, -0.1) is 11.8 Å². The monoisotopic (exact) mass is 429 g/mol. The molecule has 5 heteroatoms. The summed E-state index contributed by atoms with van der Waals surface area (Å²) in [5.41, 5.74) is 2.26. The van der Waals surface area contributed by atoms with Crippen LogP contribution in [-0.2, 0) is 0 Å². The number of rotatable bonds is 5. The molecule has 0 aliphatic rings. The van der Waals surface area contributed by atoms with Crippen molar-refractivity contribution in [1.29, 1.82) is 0 Å². The number of anilines is 1. The summed E-state index contributed by atoms with van der Waals surface area (Å²) in [6, 6.07) is 12.8. The summed E-state index contributed by atoms with van der Waals surface area (Å²) in [6.45, 7) is 2.15. The molecule has 0 aliphatic heterocycles. The van der Waals surface area contributed by atoms with Crippen LogP contribution in [0, 0.1) is 0 Å². The minimum atomic E-state index is 0.211. The van der Waals surface area contributed by atoms with E-state index in [9.17, 15) is 0 Å². The topological polar surface area (TPSA) is 21.3 Å². The van der Waals surface area contributed by atoms with Crippen LogP contribution in [0.4, 0.5) is 5.69 Å². The van der Waals surface area contributed by atoms with Crippen LogP contribution in [0.2, 0.25) is 0 Å². The van der Waals surface area contributed by atoms with Gasteiger partial charge in [0.1, 0.15) is 5.75 Å². The van der Waals surface area contributed by atoms with Crippen LogP contribution in [0.25, 0.3) is 0 Å². The van der Waals surface area contributed by atoms with Crippen LogP contribution >= 0.6 is 43.6 Å². The van der Waals surface area contributed by atoms with Crippen LogP contribution in [0.5, 0.6) is 5.75 Å². The zero-order valence-electron chi connectivity index (χ0n) is 12.1. The van der Waals surface area contributed by atoms with Crippen molar-refractivity contribution >= 4 is 49.3 Å². The molecule has 2 nitrogen and oxygen atoms in total. The number of ether oxygens (including phenoxy) is 1. The first kappa shape index (κ1) is 16.7. The van der Waals surface area contributed by atoms with Crippen molar-refractivity contribution in [2.75, 3.05) is 18.7 Å². The Balaban J connectivity index is 2.20. The van der Waals surface area contributed by atoms with Gasteiger partial charge in [-0.05, 0) is 68.8 Å². The quantitative estimate of drug-likeness (QED) is 0.577. The maximum Gasteiger partial charge on any atom is 0.135 e. The lowest BCUT2D eigenvalue weighted by atomic mass is 10.1. The smallest absolute Gasteiger partial charge is 0.135 e. The molecule has 112 valence electrons. The van der Waals surface area contributed by atoms with Gasteiger partial charge in [-0.2, -0.15) is 0 Å². The molecule has 21 heavy (non-hydrogen) atoms. The molecular formula is C16H17Br2NOS. The maximum atomic E-state index is 5.35. The molecule has 0 amide bonds. The van der Waals surface area contributed by atoms with Crippen LogP contribution < -0.4 is 10.1 Å². The summed E-state index contributed by atoms with van der Waals surface area (Å²) in [4.78, 5) is 1.28. The number of hydrogen-bond acceptors (Lipinski definition) is 3. The molecule has 2 aromatic carbocycles. The number of benzene rings is 2. The fourth-order valence-corrected chi connectivity index (χ4v) is 3.68. The van der Waals surface area contributed by atoms with E-state index in [1.165, 1.54) is 10.5 Å². The first-order valence-corrected chi connectivity index (χ1v) is 9.29. The van der Waals surface area contributed by atoms with E-state index in [-0.39, 0.29) is 6.04 Å². The van der Waals surface area contributed by atoms with E-state index in [4.69, 9.17) is 4.74 Å². The Morgan fingerprint density at radius 2 is 1.76 bits per heavy atom. The van der Waals surface area contributed by atoms with Crippen molar-refractivity contribution in [2.45, 2.75) is 17.9 Å².